The predicted octanol–water partition coefficient (Wildman–Crippen LogP) is 3.38. The minimum absolute atomic E-state index is 0.175. The van der Waals surface area contributed by atoms with Crippen molar-refractivity contribution in [3.8, 4) is 17.1 Å². The van der Waals surface area contributed by atoms with Gasteiger partial charge in [-0.25, -0.2) is 8.78 Å². The van der Waals surface area contributed by atoms with Crippen LogP contribution in [0, 0.1) is 0 Å². The largest absolute Gasteiger partial charge is 0.489 e. The van der Waals surface area contributed by atoms with E-state index >= 15 is 0 Å². The number of hydrogen-bond donors (Lipinski definition) is 1. The van der Waals surface area contributed by atoms with Crippen LogP contribution >= 0.6 is 0 Å². The van der Waals surface area contributed by atoms with Gasteiger partial charge < -0.3 is 9.26 Å². The van der Waals surface area contributed by atoms with Crippen LogP contribution in [0.5, 0.6) is 5.75 Å². The molecule has 134 valence electrons. The first-order chi connectivity index (χ1) is 12.6. The third-order valence-electron chi connectivity index (χ3n) is 4.09. The van der Waals surface area contributed by atoms with Gasteiger partial charge in [0.05, 0.1) is 12.6 Å². The van der Waals surface area contributed by atoms with Crippen LogP contribution < -0.4 is 10.1 Å². The number of halogens is 2. The first-order valence-electron chi connectivity index (χ1n) is 8.16. The smallest absolute Gasteiger partial charge is 0.262 e. The summed E-state index contributed by atoms with van der Waals surface area (Å²) in [4.78, 5) is 8.26. The number of aromatic nitrogens is 3. The maximum absolute atomic E-state index is 13.3. The quantitative estimate of drug-likeness (QED) is 0.754. The van der Waals surface area contributed by atoms with E-state index in [2.05, 4.69) is 20.4 Å². The molecule has 0 saturated carbocycles. The van der Waals surface area contributed by atoms with E-state index in [-0.39, 0.29) is 18.9 Å². The van der Waals surface area contributed by atoms with Gasteiger partial charge in [0.25, 0.3) is 5.92 Å². The molecule has 0 spiro atoms. The van der Waals surface area contributed by atoms with E-state index in [1.165, 1.54) is 0 Å². The van der Waals surface area contributed by atoms with E-state index < -0.39 is 12.0 Å². The van der Waals surface area contributed by atoms with Crippen molar-refractivity contribution in [3.05, 3.63) is 60.2 Å². The van der Waals surface area contributed by atoms with Gasteiger partial charge in [0.1, 0.15) is 12.4 Å². The molecule has 0 aliphatic carbocycles. The molecule has 1 aromatic carbocycles. The Morgan fingerprint density at radius 2 is 2.08 bits per heavy atom. The van der Waals surface area contributed by atoms with Crippen LogP contribution in [0.2, 0.25) is 0 Å². The average Bonchev–Trinajstić information content (AvgIpc) is 3.28. The van der Waals surface area contributed by atoms with Crippen molar-refractivity contribution < 1.29 is 18.0 Å². The molecule has 0 bridgehead atoms. The predicted molar refractivity (Wildman–Crippen MR) is 88.6 cm³/mol. The Hall–Kier alpha value is -2.87. The Morgan fingerprint density at radius 3 is 2.77 bits per heavy atom. The average molecular weight is 358 g/mol. The molecule has 1 aliphatic heterocycles. The number of pyridine rings is 1. The lowest BCUT2D eigenvalue weighted by atomic mass is 10.2. The molecule has 0 radical (unpaired) electrons. The highest BCUT2D eigenvalue weighted by molar-refractivity contribution is 5.55. The monoisotopic (exact) mass is 358 g/mol. The van der Waals surface area contributed by atoms with Gasteiger partial charge in [0, 0.05) is 29.9 Å². The number of alkyl halides is 2. The molecule has 26 heavy (non-hydrogen) atoms. The van der Waals surface area contributed by atoms with Gasteiger partial charge in [-0.05, 0) is 30.3 Å². The van der Waals surface area contributed by atoms with E-state index in [0.29, 0.717) is 18.2 Å². The highest BCUT2D eigenvalue weighted by Crippen LogP contribution is 2.33. The van der Waals surface area contributed by atoms with Crippen molar-refractivity contribution >= 4 is 0 Å². The lowest BCUT2D eigenvalue weighted by molar-refractivity contribution is 0.0200. The molecule has 1 fully saturated rings. The van der Waals surface area contributed by atoms with Crippen molar-refractivity contribution in [1.29, 1.82) is 0 Å². The standard InChI is InChI=1S/C18H16F2N4O2/c19-18(20)8-15(22-11-18)17-23-16(24-26-17)13-3-5-14(6-4-13)25-10-12-2-1-7-21-9-12/h1-7,9,15,22H,8,10-11H2. The van der Waals surface area contributed by atoms with Crippen molar-refractivity contribution in [2.75, 3.05) is 6.54 Å². The highest BCUT2D eigenvalue weighted by Gasteiger charge is 2.42. The second-order valence-electron chi connectivity index (χ2n) is 6.12. The van der Waals surface area contributed by atoms with E-state index in [1.807, 2.05) is 12.1 Å². The summed E-state index contributed by atoms with van der Waals surface area (Å²) >= 11 is 0. The molecule has 1 N–H and O–H groups in total. The normalized spacial score (nSPS) is 18.8. The number of benzene rings is 1. The summed E-state index contributed by atoms with van der Waals surface area (Å²) in [5, 5.41) is 6.58. The molecule has 0 amide bonds. The topological polar surface area (TPSA) is 73.1 Å². The maximum Gasteiger partial charge on any atom is 0.262 e. The van der Waals surface area contributed by atoms with Crippen LogP contribution in [-0.4, -0.2) is 27.6 Å². The molecule has 1 unspecified atom stereocenters. The lowest BCUT2D eigenvalue weighted by Gasteiger charge is -2.06. The Morgan fingerprint density at radius 1 is 1.23 bits per heavy atom. The zero-order chi connectivity index (χ0) is 18.0. The van der Waals surface area contributed by atoms with Crippen LogP contribution in [0.3, 0.4) is 0 Å². The van der Waals surface area contributed by atoms with E-state index in [1.54, 1.807) is 36.7 Å². The lowest BCUT2D eigenvalue weighted by Crippen LogP contribution is -2.19. The van der Waals surface area contributed by atoms with Crippen molar-refractivity contribution in [2.45, 2.75) is 25.0 Å². The fourth-order valence-corrected chi connectivity index (χ4v) is 2.73. The van der Waals surface area contributed by atoms with Crippen LogP contribution in [0.1, 0.15) is 23.9 Å². The Balaban J connectivity index is 1.41. The molecular weight excluding hydrogens is 342 g/mol. The number of nitrogens with one attached hydrogen (secondary N) is 1. The fourth-order valence-electron chi connectivity index (χ4n) is 2.73. The zero-order valence-electron chi connectivity index (χ0n) is 13.7. The van der Waals surface area contributed by atoms with E-state index in [4.69, 9.17) is 9.26 Å². The molecule has 6 nitrogen and oxygen atoms in total. The van der Waals surface area contributed by atoms with Gasteiger partial charge in [-0.15, -0.1) is 0 Å². The Kier molecular flexibility index (Phi) is 4.34. The van der Waals surface area contributed by atoms with Crippen molar-refractivity contribution in [1.82, 2.24) is 20.4 Å². The summed E-state index contributed by atoms with van der Waals surface area (Å²) in [6.07, 6.45) is 3.12. The number of nitrogens with zero attached hydrogens (tertiary/aromatic N) is 3. The van der Waals surface area contributed by atoms with E-state index in [0.717, 1.165) is 11.1 Å². The molecule has 1 atom stereocenters. The summed E-state index contributed by atoms with van der Waals surface area (Å²) in [5.74, 6) is -1.52. The minimum atomic E-state index is -2.74. The molecule has 8 heteroatoms. The summed E-state index contributed by atoms with van der Waals surface area (Å²) in [6, 6.07) is 10.3. The first kappa shape index (κ1) is 16.6. The maximum atomic E-state index is 13.3. The first-order valence-corrected chi connectivity index (χ1v) is 8.16. The van der Waals surface area contributed by atoms with Crippen molar-refractivity contribution in [2.24, 2.45) is 0 Å². The third-order valence-corrected chi connectivity index (χ3v) is 4.09. The molecule has 1 saturated heterocycles. The van der Waals surface area contributed by atoms with Gasteiger partial charge in [-0.2, -0.15) is 4.98 Å². The second kappa shape index (κ2) is 6.80. The van der Waals surface area contributed by atoms with Gasteiger partial charge in [-0.1, -0.05) is 11.2 Å². The summed E-state index contributed by atoms with van der Waals surface area (Å²) in [6.45, 7) is 0.0411. The molecule has 2 aromatic heterocycles. The van der Waals surface area contributed by atoms with Crippen molar-refractivity contribution in [3.63, 3.8) is 0 Å². The second-order valence-corrected chi connectivity index (χ2v) is 6.12. The zero-order valence-corrected chi connectivity index (χ0v) is 13.7. The van der Waals surface area contributed by atoms with Gasteiger partial charge in [0.15, 0.2) is 0 Å². The third kappa shape index (κ3) is 3.70. The summed E-state index contributed by atoms with van der Waals surface area (Å²) < 4.78 is 37.4. The Bertz CT molecular complexity index is 868. The molecule has 4 rings (SSSR count). The Labute approximate surface area is 148 Å². The number of hydrogen-bond acceptors (Lipinski definition) is 6. The summed E-state index contributed by atoms with van der Waals surface area (Å²) in [7, 11) is 0. The van der Waals surface area contributed by atoms with E-state index in [9.17, 15) is 8.78 Å². The molecule has 1 aliphatic rings. The summed E-state index contributed by atoms with van der Waals surface area (Å²) in [5.41, 5.74) is 1.69. The number of rotatable bonds is 5. The SMILES string of the molecule is FC1(F)CNC(c2nc(-c3ccc(OCc4cccnc4)cc3)no2)C1. The van der Waals surface area contributed by atoms with Gasteiger partial charge >= 0.3 is 0 Å². The van der Waals surface area contributed by atoms with Gasteiger partial charge in [0.2, 0.25) is 11.7 Å². The number of ether oxygens (including phenoxy) is 1. The fraction of sp³-hybridized carbons (Fsp3) is 0.278. The molecule has 3 heterocycles. The van der Waals surface area contributed by atoms with Crippen LogP contribution in [0.25, 0.3) is 11.4 Å². The minimum Gasteiger partial charge on any atom is -0.489 e. The molecule has 3 aromatic rings. The van der Waals surface area contributed by atoms with Crippen LogP contribution in [-0.2, 0) is 6.61 Å². The van der Waals surface area contributed by atoms with Crippen LogP contribution in [0.4, 0.5) is 8.78 Å². The van der Waals surface area contributed by atoms with Crippen LogP contribution in [0.15, 0.2) is 53.3 Å². The molecular formula is C18H16F2N4O2. The highest BCUT2D eigenvalue weighted by atomic mass is 19.3. The van der Waals surface area contributed by atoms with Gasteiger partial charge in [-0.3, -0.25) is 10.3 Å².